The Kier molecular flexibility index (Phi) is 4.74. The minimum atomic E-state index is -0.958. The first kappa shape index (κ1) is 14.5. The van der Waals surface area contributed by atoms with E-state index in [-0.39, 0.29) is 0 Å². The fourth-order valence-electron chi connectivity index (χ4n) is 2.11. The third-order valence-electron chi connectivity index (χ3n) is 3.20. The van der Waals surface area contributed by atoms with Crippen LogP contribution >= 0.6 is 0 Å². The zero-order chi connectivity index (χ0) is 14.4. The summed E-state index contributed by atoms with van der Waals surface area (Å²) in [6.45, 7) is 4.52. The van der Waals surface area contributed by atoms with E-state index in [1.54, 1.807) is 19.3 Å². The van der Waals surface area contributed by atoms with Gasteiger partial charge in [-0.25, -0.2) is 0 Å². The summed E-state index contributed by atoms with van der Waals surface area (Å²) >= 11 is 0. The van der Waals surface area contributed by atoms with Gasteiger partial charge in [0, 0.05) is 18.2 Å². The van der Waals surface area contributed by atoms with E-state index in [1.807, 2.05) is 36.4 Å². The van der Waals surface area contributed by atoms with Gasteiger partial charge in [-0.05, 0) is 25.0 Å². The molecule has 0 amide bonds. The molecular weight excluding hydrogens is 250 g/mol. The zero-order valence-corrected chi connectivity index (χ0v) is 12.0. The van der Waals surface area contributed by atoms with Crippen LogP contribution in [0.1, 0.15) is 31.4 Å². The highest BCUT2D eigenvalue weighted by Crippen LogP contribution is 2.27. The van der Waals surface area contributed by atoms with Crippen molar-refractivity contribution in [2.45, 2.75) is 32.3 Å². The predicted octanol–water partition coefficient (Wildman–Crippen LogP) is 3.32. The fourth-order valence-corrected chi connectivity index (χ4v) is 2.11. The minimum Gasteiger partial charge on any atom is -0.492 e. The number of rotatable bonds is 6. The molecule has 3 nitrogen and oxygen atoms in total. The summed E-state index contributed by atoms with van der Waals surface area (Å²) in [6.07, 6.45) is 4.87. The molecular formula is C17H21NO2. The van der Waals surface area contributed by atoms with Gasteiger partial charge in [0.25, 0.3) is 0 Å². The molecule has 1 heterocycles. The highest BCUT2D eigenvalue weighted by molar-refractivity contribution is 5.30. The van der Waals surface area contributed by atoms with Crippen molar-refractivity contribution in [3.8, 4) is 5.75 Å². The van der Waals surface area contributed by atoms with Crippen molar-refractivity contribution in [3.05, 3.63) is 59.9 Å². The topological polar surface area (TPSA) is 42.4 Å². The van der Waals surface area contributed by atoms with Gasteiger partial charge in [-0.1, -0.05) is 37.3 Å². The van der Waals surface area contributed by atoms with E-state index in [1.165, 1.54) is 0 Å². The van der Waals surface area contributed by atoms with E-state index in [0.29, 0.717) is 18.8 Å². The normalized spacial score (nSPS) is 13.8. The van der Waals surface area contributed by atoms with Crippen LogP contribution in [0.2, 0.25) is 0 Å². The molecule has 0 saturated heterocycles. The number of hydrogen-bond acceptors (Lipinski definition) is 3. The number of pyridine rings is 1. The molecule has 0 aliphatic heterocycles. The van der Waals surface area contributed by atoms with Crippen molar-refractivity contribution in [2.24, 2.45) is 0 Å². The van der Waals surface area contributed by atoms with Crippen molar-refractivity contribution < 1.29 is 9.84 Å². The Morgan fingerprint density at radius 1 is 1.20 bits per heavy atom. The van der Waals surface area contributed by atoms with E-state index in [2.05, 4.69) is 11.9 Å². The first-order chi connectivity index (χ1) is 9.62. The highest BCUT2D eigenvalue weighted by Gasteiger charge is 2.24. The third kappa shape index (κ3) is 3.81. The van der Waals surface area contributed by atoms with Crippen LogP contribution in [0.3, 0.4) is 0 Å². The average molecular weight is 271 g/mol. The zero-order valence-electron chi connectivity index (χ0n) is 12.0. The van der Waals surface area contributed by atoms with Crippen LogP contribution in [0.4, 0.5) is 0 Å². The van der Waals surface area contributed by atoms with Crippen LogP contribution < -0.4 is 4.74 Å². The van der Waals surface area contributed by atoms with Crippen LogP contribution in [-0.2, 0) is 12.0 Å². The number of hydrogen-bond donors (Lipinski definition) is 1. The van der Waals surface area contributed by atoms with Crippen LogP contribution in [0.5, 0.6) is 5.75 Å². The Morgan fingerprint density at radius 2 is 1.95 bits per heavy atom. The molecule has 2 aromatic rings. The standard InChI is InChI=1S/C17H21NO2/c1-3-9-20-16-10-15(12-18-13-16)17(2,19)11-14-7-5-4-6-8-14/h4-8,10,12-13,19H,3,9,11H2,1-2H3. The summed E-state index contributed by atoms with van der Waals surface area (Å²) < 4.78 is 5.57. The van der Waals surface area contributed by atoms with E-state index < -0.39 is 5.60 Å². The Morgan fingerprint density at radius 3 is 2.65 bits per heavy atom. The van der Waals surface area contributed by atoms with Gasteiger partial charge in [0.05, 0.1) is 18.4 Å². The van der Waals surface area contributed by atoms with Crippen LogP contribution in [0.25, 0.3) is 0 Å². The molecule has 0 saturated carbocycles. The highest BCUT2D eigenvalue weighted by atomic mass is 16.5. The number of aliphatic hydroxyl groups is 1. The molecule has 2 rings (SSSR count). The molecule has 1 unspecified atom stereocenters. The van der Waals surface area contributed by atoms with E-state index >= 15 is 0 Å². The SMILES string of the molecule is CCCOc1cncc(C(C)(O)Cc2ccccc2)c1. The minimum absolute atomic E-state index is 0.548. The Balaban J connectivity index is 2.16. The van der Waals surface area contributed by atoms with Crippen LogP contribution in [-0.4, -0.2) is 16.7 Å². The molecule has 1 atom stereocenters. The monoisotopic (exact) mass is 271 g/mol. The van der Waals surface area contributed by atoms with Gasteiger partial charge in [-0.3, -0.25) is 4.98 Å². The number of aromatic nitrogens is 1. The van der Waals surface area contributed by atoms with E-state index in [0.717, 1.165) is 17.5 Å². The lowest BCUT2D eigenvalue weighted by molar-refractivity contribution is 0.0569. The second-order valence-corrected chi connectivity index (χ2v) is 5.19. The van der Waals surface area contributed by atoms with Gasteiger partial charge in [0.2, 0.25) is 0 Å². The second kappa shape index (κ2) is 6.53. The Bertz CT molecular complexity index is 538. The van der Waals surface area contributed by atoms with Gasteiger partial charge in [0.15, 0.2) is 0 Å². The maximum absolute atomic E-state index is 10.7. The number of benzene rings is 1. The second-order valence-electron chi connectivity index (χ2n) is 5.19. The Hall–Kier alpha value is -1.87. The molecule has 0 aliphatic rings. The first-order valence-corrected chi connectivity index (χ1v) is 6.96. The fraction of sp³-hybridized carbons (Fsp3) is 0.353. The van der Waals surface area contributed by atoms with Crippen molar-refractivity contribution in [2.75, 3.05) is 6.61 Å². The summed E-state index contributed by atoms with van der Waals surface area (Å²) in [4.78, 5) is 4.16. The maximum Gasteiger partial charge on any atom is 0.137 e. The van der Waals surface area contributed by atoms with Gasteiger partial charge in [-0.15, -0.1) is 0 Å². The summed E-state index contributed by atoms with van der Waals surface area (Å²) in [5.41, 5.74) is 0.910. The van der Waals surface area contributed by atoms with Gasteiger partial charge < -0.3 is 9.84 Å². The lowest BCUT2D eigenvalue weighted by Gasteiger charge is -2.24. The molecule has 20 heavy (non-hydrogen) atoms. The van der Waals surface area contributed by atoms with E-state index in [4.69, 9.17) is 4.74 Å². The number of ether oxygens (including phenoxy) is 1. The average Bonchev–Trinajstić information content (AvgIpc) is 2.46. The van der Waals surface area contributed by atoms with Crippen LogP contribution in [0.15, 0.2) is 48.8 Å². The molecule has 1 aromatic heterocycles. The molecule has 0 aliphatic carbocycles. The molecule has 0 bridgehead atoms. The molecule has 106 valence electrons. The number of nitrogens with zero attached hydrogens (tertiary/aromatic N) is 1. The van der Waals surface area contributed by atoms with Gasteiger partial charge in [-0.2, -0.15) is 0 Å². The maximum atomic E-state index is 10.7. The predicted molar refractivity (Wildman–Crippen MR) is 79.7 cm³/mol. The lowest BCUT2D eigenvalue weighted by Crippen LogP contribution is -2.24. The molecule has 3 heteroatoms. The molecule has 0 fully saturated rings. The van der Waals surface area contributed by atoms with Crippen molar-refractivity contribution in [3.63, 3.8) is 0 Å². The van der Waals surface area contributed by atoms with Gasteiger partial charge in [0.1, 0.15) is 5.75 Å². The molecule has 1 aromatic carbocycles. The third-order valence-corrected chi connectivity index (χ3v) is 3.20. The largest absolute Gasteiger partial charge is 0.492 e. The van der Waals surface area contributed by atoms with Crippen molar-refractivity contribution >= 4 is 0 Å². The lowest BCUT2D eigenvalue weighted by atomic mass is 9.90. The van der Waals surface area contributed by atoms with Crippen molar-refractivity contribution in [1.82, 2.24) is 4.98 Å². The van der Waals surface area contributed by atoms with Crippen LogP contribution in [0, 0.1) is 0 Å². The summed E-state index contributed by atoms with van der Waals surface area (Å²) in [6, 6.07) is 11.8. The summed E-state index contributed by atoms with van der Waals surface area (Å²) in [5.74, 6) is 0.706. The quantitative estimate of drug-likeness (QED) is 0.876. The first-order valence-electron chi connectivity index (χ1n) is 6.96. The summed E-state index contributed by atoms with van der Waals surface area (Å²) in [7, 11) is 0. The van der Waals surface area contributed by atoms with Crippen molar-refractivity contribution in [1.29, 1.82) is 0 Å². The molecule has 0 radical (unpaired) electrons. The summed E-state index contributed by atoms with van der Waals surface area (Å²) in [5, 5.41) is 10.7. The molecule has 0 spiro atoms. The Labute approximate surface area is 120 Å². The van der Waals surface area contributed by atoms with Gasteiger partial charge >= 0.3 is 0 Å². The van der Waals surface area contributed by atoms with E-state index in [9.17, 15) is 5.11 Å². The smallest absolute Gasteiger partial charge is 0.137 e. The molecule has 1 N–H and O–H groups in total.